The van der Waals surface area contributed by atoms with Crippen molar-refractivity contribution in [2.24, 2.45) is 0 Å². The normalized spacial score (nSPS) is 11.4. The van der Waals surface area contributed by atoms with Crippen molar-refractivity contribution in [3.8, 4) is 0 Å². The lowest BCUT2D eigenvalue weighted by molar-refractivity contribution is -0.386. The van der Waals surface area contributed by atoms with Gasteiger partial charge in [-0.25, -0.2) is 0 Å². The van der Waals surface area contributed by atoms with Gasteiger partial charge in [0.1, 0.15) is 0 Å². The third kappa shape index (κ3) is 3.16. The van der Waals surface area contributed by atoms with Gasteiger partial charge >= 0.3 is 11.2 Å². The smallest absolute Gasteiger partial charge is 0.334 e. The first kappa shape index (κ1) is 12.4. The summed E-state index contributed by atoms with van der Waals surface area (Å²) in [6.45, 7) is 3.49. The standard InChI is InChI=1S/C10H14N2O4/c1-10(2,14)5-7-11-6-3-4-8(9(11)13)12(15)16/h3-4,6,14H,5,7H2,1-2H3. The van der Waals surface area contributed by atoms with Crippen molar-refractivity contribution < 1.29 is 10.0 Å². The maximum Gasteiger partial charge on any atom is 0.334 e. The van der Waals surface area contributed by atoms with Gasteiger partial charge in [0.25, 0.3) is 0 Å². The number of pyridine rings is 1. The van der Waals surface area contributed by atoms with Gasteiger partial charge in [0, 0.05) is 18.8 Å². The number of aromatic nitrogens is 1. The number of hydrogen-bond donors (Lipinski definition) is 1. The largest absolute Gasteiger partial charge is 0.390 e. The molecule has 0 amide bonds. The van der Waals surface area contributed by atoms with E-state index in [2.05, 4.69) is 0 Å². The molecule has 0 bridgehead atoms. The average molecular weight is 226 g/mol. The van der Waals surface area contributed by atoms with E-state index in [-0.39, 0.29) is 6.54 Å². The van der Waals surface area contributed by atoms with Gasteiger partial charge in [0.15, 0.2) is 0 Å². The molecule has 1 aromatic rings. The van der Waals surface area contributed by atoms with Crippen LogP contribution in [0, 0.1) is 10.1 Å². The van der Waals surface area contributed by atoms with E-state index in [4.69, 9.17) is 0 Å². The maximum atomic E-state index is 11.6. The fourth-order valence-corrected chi connectivity index (χ4v) is 1.23. The minimum atomic E-state index is -0.899. The molecule has 1 N–H and O–H groups in total. The number of aryl methyl sites for hydroxylation is 1. The molecule has 6 nitrogen and oxygen atoms in total. The molecule has 1 heterocycles. The van der Waals surface area contributed by atoms with Crippen LogP contribution in [0.4, 0.5) is 5.69 Å². The second-order valence-corrected chi connectivity index (χ2v) is 4.21. The summed E-state index contributed by atoms with van der Waals surface area (Å²) in [5.74, 6) is 0. The summed E-state index contributed by atoms with van der Waals surface area (Å²) in [6, 6.07) is 2.62. The fourth-order valence-electron chi connectivity index (χ4n) is 1.23. The van der Waals surface area contributed by atoms with E-state index in [1.165, 1.54) is 22.9 Å². The van der Waals surface area contributed by atoms with Crippen molar-refractivity contribution in [3.63, 3.8) is 0 Å². The number of rotatable bonds is 4. The van der Waals surface area contributed by atoms with Crippen LogP contribution in [0.5, 0.6) is 0 Å². The second-order valence-electron chi connectivity index (χ2n) is 4.21. The molecule has 0 spiro atoms. The Morgan fingerprint density at radius 3 is 2.69 bits per heavy atom. The van der Waals surface area contributed by atoms with Gasteiger partial charge in [-0.15, -0.1) is 0 Å². The Kier molecular flexibility index (Phi) is 3.44. The van der Waals surface area contributed by atoms with Gasteiger partial charge in [-0.05, 0) is 26.3 Å². The minimum absolute atomic E-state index is 0.254. The highest BCUT2D eigenvalue weighted by Gasteiger charge is 2.16. The Morgan fingerprint density at radius 2 is 2.19 bits per heavy atom. The molecule has 1 rings (SSSR count). The molecule has 0 saturated carbocycles. The molecular weight excluding hydrogens is 212 g/mol. The topological polar surface area (TPSA) is 85.4 Å². The van der Waals surface area contributed by atoms with Crippen molar-refractivity contribution in [3.05, 3.63) is 38.8 Å². The third-order valence-electron chi connectivity index (χ3n) is 2.16. The number of aliphatic hydroxyl groups is 1. The molecule has 6 heteroatoms. The first-order chi connectivity index (χ1) is 7.31. The summed E-state index contributed by atoms with van der Waals surface area (Å²) in [7, 11) is 0. The summed E-state index contributed by atoms with van der Waals surface area (Å²) < 4.78 is 1.23. The van der Waals surface area contributed by atoms with Crippen LogP contribution in [0.3, 0.4) is 0 Å². The van der Waals surface area contributed by atoms with E-state index in [9.17, 15) is 20.0 Å². The van der Waals surface area contributed by atoms with Crippen molar-refractivity contribution in [1.29, 1.82) is 0 Å². The second kappa shape index (κ2) is 4.44. The van der Waals surface area contributed by atoms with Crippen molar-refractivity contribution >= 4 is 5.69 Å². The van der Waals surface area contributed by atoms with Crippen LogP contribution in [0.15, 0.2) is 23.1 Å². The Hall–Kier alpha value is -1.69. The zero-order valence-electron chi connectivity index (χ0n) is 9.21. The lowest BCUT2D eigenvalue weighted by atomic mass is 10.1. The van der Waals surface area contributed by atoms with Crippen LogP contribution >= 0.6 is 0 Å². The molecule has 0 aliphatic heterocycles. The first-order valence-corrected chi connectivity index (χ1v) is 4.87. The van der Waals surface area contributed by atoms with E-state index >= 15 is 0 Å². The van der Waals surface area contributed by atoms with Crippen LogP contribution in [0.1, 0.15) is 20.3 Å². The first-order valence-electron chi connectivity index (χ1n) is 4.87. The van der Waals surface area contributed by atoms with Crippen molar-refractivity contribution in [2.45, 2.75) is 32.4 Å². The highest BCUT2D eigenvalue weighted by Crippen LogP contribution is 2.09. The molecule has 0 saturated heterocycles. The van der Waals surface area contributed by atoms with Crippen molar-refractivity contribution in [2.75, 3.05) is 0 Å². The molecule has 0 aliphatic carbocycles. The molecule has 0 radical (unpaired) electrons. The Labute approximate surface area is 92.3 Å². The molecular formula is C10H14N2O4. The summed E-state index contributed by atoms with van der Waals surface area (Å²) in [6.07, 6.45) is 1.83. The van der Waals surface area contributed by atoms with Gasteiger partial charge in [0.05, 0.1) is 10.5 Å². The quantitative estimate of drug-likeness (QED) is 0.611. The summed E-state index contributed by atoms with van der Waals surface area (Å²) in [5.41, 5.74) is -1.99. The molecule has 0 fully saturated rings. The van der Waals surface area contributed by atoms with Crippen molar-refractivity contribution in [1.82, 2.24) is 4.57 Å². The van der Waals surface area contributed by atoms with Gasteiger partial charge < -0.3 is 9.67 Å². The predicted octanol–water partition coefficient (Wildman–Crippen LogP) is 0.917. The van der Waals surface area contributed by atoms with Crippen LogP contribution in [-0.2, 0) is 6.54 Å². The monoisotopic (exact) mass is 226 g/mol. The summed E-state index contributed by atoms with van der Waals surface area (Å²) >= 11 is 0. The van der Waals surface area contributed by atoms with Gasteiger partial charge in [0.2, 0.25) is 0 Å². The SMILES string of the molecule is CC(C)(O)CCn1cccc([N+](=O)[O-])c1=O. The predicted molar refractivity (Wildman–Crippen MR) is 58.3 cm³/mol. The molecule has 0 unspecified atom stereocenters. The number of hydrogen-bond acceptors (Lipinski definition) is 4. The van der Waals surface area contributed by atoms with Crippen LogP contribution in [-0.4, -0.2) is 20.2 Å². The maximum absolute atomic E-state index is 11.6. The van der Waals surface area contributed by atoms with E-state index < -0.39 is 21.8 Å². The Morgan fingerprint density at radius 1 is 1.56 bits per heavy atom. The van der Waals surface area contributed by atoms with Crippen LogP contribution in [0.2, 0.25) is 0 Å². The third-order valence-corrected chi connectivity index (χ3v) is 2.16. The Balaban J connectivity index is 2.95. The average Bonchev–Trinajstić information content (AvgIpc) is 2.14. The molecule has 88 valence electrons. The Bertz CT molecular complexity index is 445. The number of nitrogens with zero attached hydrogens (tertiary/aromatic N) is 2. The zero-order chi connectivity index (χ0) is 12.3. The molecule has 16 heavy (non-hydrogen) atoms. The minimum Gasteiger partial charge on any atom is -0.390 e. The van der Waals surface area contributed by atoms with Gasteiger partial charge in [-0.2, -0.15) is 0 Å². The molecule has 0 atom stereocenters. The van der Waals surface area contributed by atoms with E-state index in [1.807, 2.05) is 0 Å². The van der Waals surface area contributed by atoms with Gasteiger partial charge in [-0.3, -0.25) is 14.9 Å². The van der Waals surface area contributed by atoms with E-state index in [0.29, 0.717) is 6.42 Å². The lowest BCUT2D eigenvalue weighted by Gasteiger charge is -2.17. The molecule has 1 aromatic heterocycles. The summed E-state index contributed by atoms with van der Waals surface area (Å²) in [5, 5.41) is 20.0. The lowest BCUT2D eigenvalue weighted by Crippen LogP contribution is -2.27. The van der Waals surface area contributed by atoms with Crippen LogP contribution < -0.4 is 5.56 Å². The summed E-state index contributed by atoms with van der Waals surface area (Å²) in [4.78, 5) is 21.4. The van der Waals surface area contributed by atoms with Gasteiger partial charge in [-0.1, -0.05) is 0 Å². The number of nitro groups is 1. The fraction of sp³-hybridized carbons (Fsp3) is 0.500. The zero-order valence-corrected chi connectivity index (χ0v) is 9.21. The highest BCUT2D eigenvalue weighted by molar-refractivity contribution is 5.24. The highest BCUT2D eigenvalue weighted by atomic mass is 16.6. The molecule has 0 aromatic carbocycles. The van der Waals surface area contributed by atoms with E-state index in [0.717, 1.165) is 0 Å². The molecule has 0 aliphatic rings. The van der Waals surface area contributed by atoms with E-state index in [1.54, 1.807) is 13.8 Å². The van der Waals surface area contributed by atoms with Crippen LogP contribution in [0.25, 0.3) is 0 Å².